The molecule has 0 aliphatic carbocycles. The Morgan fingerprint density at radius 2 is 1.66 bits per heavy atom. The quantitative estimate of drug-likeness (QED) is 0.387. The lowest BCUT2D eigenvalue weighted by Gasteiger charge is -2.34. The first kappa shape index (κ1) is 27.4. The van der Waals surface area contributed by atoms with Gasteiger partial charge in [0.2, 0.25) is 10.0 Å². The number of hydrogen-bond acceptors (Lipinski definition) is 5. The molecule has 3 rings (SSSR count). The van der Waals surface area contributed by atoms with Gasteiger partial charge in [-0.3, -0.25) is 9.79 Å². The fourth-order valence-electron chi connectivity index (χ4n) is 5.02. The van der Waals surface area contributed by atoms with Crippen LogP contribution >= 0.6 is 0 Å². The lowest BCUT2D eigenvalue weighted by atomic mass is 9.89. The molecule has 0 aromatic heterocycles. The fourth-order valence-corrected chi connectivity index (χ4v) is 6.20. The number of nitrogens with one attached hydrogen (secondary N) is 2. The van der Waals surface area contributed by atoms with E-state index >= 15 is 0 Å². The van der Waals surface area contributed by atoms with Crippen LogP contribution in [0.5, 0.6) is 0 Å². The van der Waals surface area contributed by atoms with Crippen LogP contribution in [0.25, 0.3) is 6.08 Å². The Morgan fingerprint density at radius 1 is 1.06 bits per heavy atom. The summed E-state index contributed by atoms with van der Waals surface area (Å²) in [5.41, 5.74) is 3.15. The molecule has 194 valence electrons. The minimum absolute atomic E-state index is 0.0705. The molecule has 7 nitrogen and oxygen atoms in total. The van der Waals surface area contributed by atoms with Gasteiger partial charge in [0.05, 0.1) is 0 Å². The maximum absolute atomic E-state index is 13.0. The summed E-state index contributed by atoms with van der Waals surface area (Å²) in [5, 5.41) is 7.39. The second-order valence-electron chi connectivity index (χ2n) is 9.94. The second-order valence-corrected chi connectivity index (χ2v) is 11.8. The van der Waals surface area contributed by atoms with Crippen molar-refractivity contribution in [2.24, 2.45) is 4.99 Å². The van der Waals surface area contributed by atoms with Crippen molar-refractivity contribution >= 4 is 33.5 Å². The number of nitrogens with zero attached hydrogens (tertiary/aromatic N) is 2. The van der Waals surface area contributed by atoms with Gasteiger partial charge in [-0.1, -0.05) is 45.4 Å². The van der Waals surface area contributed by atoms with Crippen molar-refractivity contribution in [2.75, 3.05) is 25.5 Å². The number of carbonyl (C=O) groups excluding carboxylic acids is 1. The van der Waals surface area contributed by atoms with E-state index in [4.69, 9.17) is 4.99 Å². The van der Waals surface area contributed by atoms with E-state index in [1.54, 1.807) is 6.08 Å². The Morgan fingerprint density at radius 3 is 2.26 bits per heavy atom. The number of benzene rings is 1. The van der Waals surface area contributed by atoms with E-state index in [0.717, 1.165) is 47.5 Å². The minimum atomic E-state index is -3.58. The number of amidine groups is 1. The van der Waals surface area contributed by atoms with Gasteiger partial charge in [-0.2, -0.15) is 4.31 Å². The van der Waals surface area contributed by atoms with Crippen LogP contribution in [0.3, 0.4) is 0 Å². The molecule has 0 unspecified atom stereocenters. The third-order valence-corrected chi connectivity index (χ3v) is 8.81. The number of piperidine rings is 1. The highest BCUT2D eigenvalue weighted by molar-refractivity contribution is 7.92. The van der Waals surface area contributed by atoms with E-state index < -0.39 is 15.6 Å². The maximum Gasteiger partial charge on any atom is 0.253 e. The highest BCUT2D eigenvalue weighted by Gasteiger charge is 2.46. The number of anilines is 1. The van der Waals surface area contributed by atoms with Crippen LogP contribution in [0.4, 0.5) is 5.69 Å². The number of aliphatic imine (C=N–C) groups is 1. The standard InChI is InChI=1S/C27H42N4O3S/c1-5-6-7-8-9-10-11-12-25-29-26(32)27(30-25)14-16-31(17-15-27)35(33,34)18-13-24-21(2)19-23(28-4)20-22(24)3/h13,18-20,28H,5-12,14-17H2,1-4H3,(H,29,30,32). The number of amides is 1. The van der Waals surface area contributed by atoms with Crippen molar-refractivity contribution in [3.05, 3.63) is 34.2 Å². The molecule has 0 saturated carbocycles. The Bertz CT molecular complexity index is 1030. The molecule has 0 radical (unpaired) electrons. The smallest absolute Gasteiger partial charge is 0.253 e. The zero-order chi connectivity index (χ0) is 25.5. The normalized spacial score (nSPS) is 18.3. The molecule has 2 aliphatic heterocycles. The van der Waals surface area contributed by atoms with E-state index in [-0.39, 0.29) is 5.91 Å². The average molecular weight is 503 g/mol. The number of rotatable bonds is 12. The van der Waals surface area contributed by atoms with Crippen LogP contribution < -0.4 is 10.6 Å². The summed E-state index contributed by atoms with van der Waals surface area (Å²) in [6, 6.07) is 4.01. The SMILES string of the molecule is CCCCCCCCCC1=NC2(CCN(S(=O)(=O)C=Cc3c(C)cc(NC)cc3C)CC2)C(=O)N1. The number of unbranched alkanes of at least 4 members (excludes halogenated alkanes) is 6. The lowest BCUT2D eigenvalue weighted by molar-refractivity contribution is -0.124. The number of sulfonamides is 1. The highest BCUT2D eigenvalue weighted by Crippen LogP contribution is 2.32. The Labute approximate surface area is 211 Å². The van der Waals surface area contributed by atoms with Crippen molar-refractivity contribution in [1.82, 2.24) is 9.62 Å². The number of aryl methyl sites for hydroxylation is 2. The van der Waals surface area contributed by atoms with Gasteiger partial charge in [-0.05, 0) is 68.0 Å². The summed E-state index contributed by atoms with van der Waals surface area (Å²) >= 11 is 0. The van der Waals surface area contributed by atoms with Gasteiger partial charge in [0, 0.05) is 37.7 Å². The highest BCUT2D eigenvalue weighted by atomic mass is 32.2. The Kier molecular flexibility index (Phi) is 9.53. The topological polar surface area (TPSA) is 90.9 Å². The van der Waals surface area contributed by atoms with Gasteiger partial charge >= 0.3 is 0 Å². The summed E-state index contributed by atoms with van der Waals surface area (Å²) in [4.78, 5) is 17.5. The van der Waals surface area contributed by atoms with Crippen LogP contribution in [0.15, 0.2) is 22.5 Å². The predicted molar refractivity (Wildman–Crippen MR) is 145 cm³/mol. The zero-order valence-electron chi connectivity index (χ0n) is 21.8. The Balaban J connectivity index is 1.55. The van der Waals surface area contributed by atoms with Crippen LogP contribution in [-0.2, 0) is 14.8 Å². The zero-order valence-corrected chi connectivity index (χ0v) is 22.6. The summed E-state index contributed by atoms with van der Waals surface area (Å²) in [6.07, 6.45) is 11.8. The summed E-state index contributed by atoms with van der Waals surface area (Å²) in [6.45, 7) is 6.77. The van der Waals surface area contributed by atoms with E-state index in [1.165, 1.54) is 41.8 Å². The molecule has 1 aromatic rings. The van der Waals surface area contributed by atoms with E-state index in [1.807, 2.05) is 33.0 Å². The predicted octanol–water partition coefficient (Wildman–Crippen LogP) is 5.15. The fraction of sp³-hybridized carbons (Fsp3) is 0.630. The molecular formula is C27H42N4O3S. The van der Waals surface area contributed by atoms with Gasteiger partial charge in [0.25, 0.3) is 5.91 Å². The summed E-state index contributed by atoms with van der Waals surface area (Å²) < 4.78 is 27.5. The molecule has 1 aromatic carbocycles. The van der Waals surface area contributed by atoms with Gasteiger partial charge < -0.3 is 10.6 Å². The molecule has 1 amide bonds. The largest absolute Gasteiger partial charge is 0.388 e. The van der Waals surface area contributed by atoms with E-state index in [2.05, 4.69) is 17.6 Å². The van der Waals surface area contributed by atoms with Crippen LogP contribution in [0, 0.1) is 13.8 Å². The first-order valence-corrected chi connectivity index (χ1v) is 14.6. The van der Waals surface area contributed by atoms with Gasteiger partial charge in [-0.15, -0.1) is 0 Å². The van der Waals surface area contributed by atoms with Crippen molar-refractivity contribution in [3.8, 4) is 0 Å². The first-order chi connectivity index (χ1) is 16.7. The summed E-state index contributed by atoms with van der Waals surface area (Å²) in [5.74, 6) is 0.703. The minimum Gasteiger partial charge on any atom is -0.388 e. The molecule has 2 aliphatic rings. The molecule has 35 heavy (non-hydrogen) atoms. The monoisotopic (exact) mass is 502 g/mol. The van der Waals surface area contributed by atoms with Crippen LogP contribution in [0.2, 0.25) is 0 Å². The molecule has 0 bridgehead atoms. The van der Waals surface area contributed by atoms with Crippen molar-refractivity contribution in [2.45, 2.75) is 90.5 Å². The molecule has 1 saturated heterocycles. The van der Waals surface area contributed by atoms with E-state index in [0.29, 0.717) is 25.9 Å². The van der Waals surface area contributed by atoms with E-state index in [9.17, 15) is 13.2 Å². The van der Waals surface area contributed by atoms with Crippen molar-refractivity contribution < 1.29 is 13.2 Å². The third kappa shape index (κ3) is 6.94. The van der Waals surface area contributed by atoms with Gasteiger partial charge in [0.1, 0.15) is 11.4 Å². The molecule has 1 spiro atoms. The third-order valence-electron chi connectivity index (χ3n) is 7.25. The molecular weight excluding hydrogens is 460 g/mol. The number of hydrogen-bond donors (Lipinski definition) is 2. The second kappa shape index (κ2) is 12.2. The average Bonchev–Trinajstić information content (AvgIpc) is 3.12. The summed E-state index contributed by atoms with van der Waals surface area (Å²) in [7, 11) is -1.71. The lowest BCUT2D eigenvalue weighted by Crippen LogP contribution is -2.50. The molecule has 8 heteroatoms. The van der Waals surface area contributed by atoms with Gasteiger partial charge in [-0.25, -0.2) is 8.42 Å². The van der Waals surface area contributed by atoms with Crippen LogP contribution in [-0.4, -0.2) is 50.1 Å². The maximum atomic E-state index is 13.0. The molecule has 2 N–H and O–H groups in total. The van der Waals surface area contributed by atoms with Gasteiger partial charge in [0.15, 0.2) is 0 Å². The Hall–Kier alpha value is -2.19. The molecule has 1 fully saturated rings. The first-order valence-electron chi connectivity index (χ1n) is 13.1. The van der Waals surface area contributed by atoms with Crippen molar-refractivity contribution in [3.63, 3.8) is 0 Å². The van der Waals surface area contributed by atoms with Crippen LogP contribution in [0.1, 0.15) is 87.8 Å². The molecule has 2 heterocycles. The molecule has 0 atom stereocenters. The number of carbonyl (C=O) groups is 1. The van der Waals surface area contributed by atoms with Crippen molar-refractivity contribution in [1.29, 1.82) is 0 Å².